The lowest BCUT2D eigenvalue weighted by Crippen LogP contribution is -2.59. The van der Waals surface area contributed by atoms with E-state index in [1.165, 1.54) is 5.56 Å². The first-order chi connectivity index (χ1) is 11.0. The molecule has 0 fully saturated rings. The van der Waals surface area contributed by atoms with Crippen LogP contribution in [0.1, 0.15) is 25.0 Å². The summed E-state index contributed by atoms with van der Waals surface area (Å²) < 4.78 is 17.7. The number of aliphatic hydroxyl groups excluding tert-OH is 1. The SMILES string of the molecule is CCN(C)[C@@H]1Cc2ccc(P=O)c3c2[C@@]2(C)C(O3)[C@@H](O)C=C[C@@H]12. The monoisotopic (exact) mass is 331 g/mol. The molecular formula is C18H22NO3P. The summed E-state index contributed by atoms with van der Waals surface area (Å²) in [5, 5.41) is 11.2. The van der Waals surface area contributed by atoms with Crippen LogP contribution in [0, 0.1) is 5.92 Å². The van der Waals surface area contributed by atoms with E-state index >= 15 is 0 Å². The van der Waals surface area contributed by atoms with Crippen molar-refractivity contribution in [3.8, 4) is 5.75 Å². The molecule has 4 nitrogen and oxygen atoms in total. The molecule has 4 rings (SSSR count). The second kappa shape index (κ2) is 5.14. The van der Waals surface area contributed by atoms with Gasteiger partial charge < -0.3 is 14.7 Å². The van der Waals surface area contributed by atoms with Crippen LogP contribution < -0.4 is 10.0 Å². The first-order valence-electron chi connectivity index (χ1n) is 8.25. The second-order valence-electron chi connectivity index (χ2n) is 7.11. The van der Waals surface area contributed by atoms with Crippen molar-refractivity contribution in [1.82, 2.24) is 4.90 Å². The van der Waals surface area contributed by atoms with E-state index in [0.29, 0.717) is 11.3 Å². The van der Waals surface area contributed by atoms with Gasteiger partial charge in [-0.1, -0.05) is 32.1 Å². The molecule has 3 aliphatic rings. The van der Waals surface area contributed by atoms with Crippen LogP contribution in [-0.2, 0) is 16.4 Å². The van der Waals surface area contributed by atoms with Crippen LogP contribution in [0.3, 0.4) is 0 Å². The fourth-order valence-electron chi connectivity index (χ4n) is 4.82. The number of benzene rings is 1. The molecule has 5 heteroatoms. The Bertz CT molecular complexity index is 704. The zero-order valence-electron chi connectivity index (χ0n) is 13.7. The summed E-state index contributed by atoms with van der Waals surface area (Å²) in [6.45, 7) is 5.36. The van der Waals surface area contributed by atoms with Gasteiger partial charge >= 0.3 is 0 Å². The molecule has 0 saturated heterocycles. The lowest BCUT2D eigenvalue weighted by molar-refractivity contribution is -0.00651. The molecule has 0 saturated carbocycles. The highest BCUT2D eigenvalue weighted by Gasteiger charge is 2.59. The summed E-state index contributed by atoms with van der Waals surface area (Å²) in [4.78, 5) is 2.38. The highest BCUT2D eigenvalue weighted by Crippen LogP contribution is 2.56. The molecule has 0 radical (unpaired) electrons. The number of ether oxygens (including phenoxy) is 1. The molecule has 0 amide bonds. The van der Waals surface area contributed by atoms with Crippen LogP contribution >= 0.6 is 8.46 Å². The first kappa shape index (κ1) is 15.3. The zero-order valence-corrected chi connectivity index (χ0v) is 14.6. The van der Waals surface area contributed by atoms with Gasteiger partial charge in [0.05, 0.1) is 5.30 Å². The molecule has 1 heterocycles. The smallest absolute Gasteiger partial charge is 0.196 e. The van der Waals surface area contributed by atoms with Gasteiger partial charge in [0.25, 0.3) is 0 Å². The zero-order chi connectivity index (χ0) is 16.4. The highest BCUT2D eigenvalue weighted by molar-refractivity contribution is 7.34. The summed E-state index contributed by atoms with van der Waals surface area (Å²) in [6, 6.07) is 4.37. The van der Waals surface area contributed by atoms with E-state index in [0.717, 1.165) is 24.3 Å². The molecular weight excluding hydrogens is 309 g/mol. The summed E-state index contributed by atoms with van der Waals surface area (Å²) in [7, 11) is 2.13. The fraction of sp³-hybridized carbons (Fsp3) is 0.556. The summed E-state index contributed by atoms with van der Waals surface area (Å²) in [5.41, 5.74) is 2.16. The van der Waals surface area contributed by atoms with Gasteiger partial charge in [-0.3, -0.25) is 4.57 Å². The Balaban J connectivity index is 1.96. The van der Waals surface area contributed by atoms with Crippen molar-refractivity contribution in [2.45, 2.75) is 43.9 Å². The van der Waals surface area contributed by atoms with Gasteiger partial charge in [0.2, 0.25) is 0 Å². The largest absolute Gasteiger partial charge is 0.485 e. The third-order valence-corrected chi connectivity index (χ3v) is 6.67. The maximum atomic E-state index is 11.5. The third-order valence-electron chi connectivity index (χ3n) is 6.12. The average molecular weight is 331 g/mol. The van der Waals surface area contributed by atoms with Crippen molar-refractivity contribution < 1.29 is 14.4 Å². The molecule has 1 N–H and O–H groups in total. The Morgan fingerprint density at radius 3 is 2.91 bits per heavy atom. The molecule has 2 aliphatic carbocycles. The Morgan fingerprint density at radius 2 is 2.22 bits per heavy atom. The Morgan fingerprint density at radius 1 is 1.43 bits per heavy atom. The van der Waals surface area contributed by atoms with Gasteiger partial charge in [-0.15, -0.1) is 0 Å². The first-order valence-corrected chi connectivity index (χ1v) is 9.06. The van der Waals surface area contributed by atoms with Crippen LogP contribution in [0.5, 0.6) is 5.75 Å². The Kier molecular flexibility index (Phi) is 3.42. The molecule has 0 aromatic heterocycles. The van der Waals surface area contributed by atoms with E-state index in [1.807, 2.05) is 12.1 Å². The number of aliphatic hydroxyl groups is 1. The molecule has 1 aliphatic heterocycles. The van der Waals surface area contributed by atoms with Crippen molar-refractivity contribution >= 4 is 13.8 Å². The fourth-order valence-corrected chi connectivity index (χ4v) is 5.20. The lowest BCUT2D eigenvalue weighted by atomic mass is 9.57. The van der Waals surface area contributed by atoms with Crippen LogP contribution in [0.2, 0.25) is 0 Å². The van der Waals surface area contributed by atoms with E-state index in [-0.39, 0.29) is 25.9 Å². The molecule has 23 heavy (non-hydrogen) atoms. The molecule has 122 valence electrons. The number of likely N-dealkylation sites (N-methyl/N-ethyl adjacent to an activating group) is 1. The third kappa shape index (κ3) is 1.86. The summed E-state index contributed by atoms with van der Waals surface area (Å²) in [6.07, 6.45) is 4.07. The topological polar surface area (TPSA) is 49.8 Å². The lowest BCUT2D eigenvalue weighted by Gasteiger charge is -2.50. The van der Waals surface area contributed by atoms with Gasteiger partial charge in [-0.2, -0.15) is 0 Å². The number of nitrogens with zero attached hydrogens (tertiary/aromatic N) is 1. The molecule has 0 bridgehead atoms. The van der Waals surface area contributed by atoms with E-state index in [9.17, 15) is 9.67 Å². The van der Waals surface area contributed by atoms with Crippen LogP contribution in [-0.4, -0.2) is 41.8 Å². The van der Waals surface area contributed by atoms with Crippen molar-refractivity contribution in [2.24, 2.45) is 5.92 Å². The van der Waals surface area contributed by atoms with E-state index in [2.05, 4.69) is 37.9 Å². The average Bonchev–Trinajstić information content (AvgIpc) is 2.88. The van der Waals surface area contributed by atoms with Crippen LogP contribution in [0.4, 0.5) is 0 Å². The number of hydrogen-bond acceptors (Lipinski definition) is 4. The van der Waals surface area contributed by atoms with E-state index < -0.39 is 6.10 Å². The predicted octanol–water partition coefficient (Wildman–Crippen LogP) is 2.05. The van der Waals surface area contributed by atoms with Crippen molar-refractivity contribution in [3.63, 3.8) is 0 Å². The van der Waals surface area contributed by atoms with E-state index in [1.54, 1.807) is 0 Å². The second-order valence-corrected chi connectivity index (χ2v) is 7.77. The molecule has 0 spiro atoms. The maximum Gasteiger partial charge on any atom is 0.196 e. The summed E-state index contributed by atoms with van der Waals surface area (Å²) >= 11 is 0. The van der Waals surface area contributed by atoms with Gasteiger partial charge in [-0.05, 0) is 31.6 Å². The predicted molar refractivity (Wildman–Crippen MR) is 89.9 cm³/mol. The minimum atomic E-state index is -0.627. The number of hydrogen-bond donors (Lipinski definition) is 1. The van der Waals surface area contributed by atoms with Crippen molar-refractivity contribution in [2.75, 3.05) is 13.6 Å². The van der Waals surface area contributed by atoms with Gasteiger partial charge in [-0.25, -0.2) is 0 Å². The highest BCUT2D eigenvalue weighted by atomic mass is 31.1. The Hall–Kier alpha value is -1.22. The number of rotatable bonds is 3. The van der Waals surface area contributed by atoms with Gasteiger partial charge in [0.15, 0.2) is 8.46 Å². The van der Waals surface area contributed by atoms with Crippen molar-refractivity contribution in [1.29, 1.82) is 0 Å². The van der Waals surface area contributed by atoms with Crippen molar-refractivity contribution in [3.05, 3.63) is 35.4 Å². The minimum absolute atomic E-state index is 0.0273. The van der Waals surface area contributed by atoms with Crippen LogP contribution in [0.15, 0.2) is 24.3 Å². The summed E-state index contributed by atoms with van der Waals surface area (Å²) in [5.74, 6) is 1.02. The molecule has 5 atom stereocenters. The maximum absolute atomic E-state index is 11.5. The van der Waals surface area contributed by atoms with Gasteiger partial charge in [0.1, 0.15) is 18.0 Å². The minimum Gasteiger partial charge on any atom is -0.485 e. The molecule has 1 aromatic carbocycles. The van der Waals surface area contributed by atoms with Gasteiger partial charge in [0, 0.05) is 22.9 Å². The standard InChI is InChI=1S/C18H22NO3P/c1-4-19(3)12-9-10-5-8-14(23-21)16-15(10)18(2)11(12)6-7-13(20)17(18)22-16/h5-8,11-13,17,20H,4,9H2,1-3H3/t11-,12+,13-,17?,18-/m0/s1. The molecule has 1 aromatic rings. The van der Waals surface area contributed by atoms with Crippen LogP contribution in [0.25, 0.3) is 0 Å². The Labute approximate surface area is 138 Å². The normalized spacial score (nSPS) is 37.1. The quantitative estimate of drug-likeness (QED) is 0.680. The molecule has 1 unspecified atom stereocenters. The van der Waals surface area contributed by atoms with E-state index in [4.69, 9.17) is 4.74 Å².